The molecule has 0 aliphatic rings. The number of fused-ring (bicyclic) bond motifs is 6. The van der Waals surface area contributed by atoms with Crippen LogP contribution in [0.5, 0.6) is 0 Å². The van der Waals surface area contributed by atoms with Gasteiger partial charge in [-0.15, -0.1) is 0 Å². The molecule has 0 radical (unpaired) electrons. The molecule has 0 fully saturated rings. The molecule has 9 aromatic carbocycles. The van der Waals surface area contributed by atoms with Gasteiger partial charge in [-0.3, -0.25) is 0 Å². The molecule has 0 atom stereocenters. The van der Waals surface area contributed by atoms with Gasteiger partial charge in [-0.2, -0.15) is 31.6 Å². The topological polar surface area (TPSA) is 33.6 Å². The zero-order valence-corrected chi connectivity index (χ0v) is 36.5. The predicted molar refractivity (Wildman–Crippen MR) is 261 cm³/mol. The van der Waals surface area contributed by atoms with Crippen molar-refractivity contribution in [1.29, 1.82) is 5.26 Å². The number of para-hydroxylation sites is 2. The quantitative estimate of drug-likeness (QED) is 0.153. The van der Waals surface area contributed by atoms with Crippen molar-refractivity contribution in [3.05, 3.63) is 216 Å². The van der Waals surface area contributed by atoms with E-state index in [1.165, 1.54) is 12.1 Å². The van der Waals surface area contributed by atoms with Gasteiger partial charge in [0.2, 0.25) is 0 Å². The summed E-state index contributed by atoms with van der Waals surface area (Å²) in [6.07, 6.45) is -10.2. The number of benzene rings is 9. The molecule has 0 amide bonds. The van der Waals surface area contributed by atoms with Crippen LogP contribution in [0.25, 0.3) is 99.5 Å². The van der Waals surface area contributed by atoms with Gasteiger partial charge >= 0.3 is 12.4 Å². The third kappa shape index (κ3) is 7.08. The minimum absolute atomic E-state index is 0.178. The Bertz CT molecular complexity index is 3810. The number of aromatic nitrogens is 2. The Hall–Kier alpha value is -8.35. The van der Waals surface area contributed by atoms with Crippen molar-refractivity contribution in [2.24, 2.45) is 0 Å². The van der Waals surface area contributed by atoms with Crippen LogP contribution in [0.15, 0.2) is 188 Å². The van der Waals surface area contributed by atoms with Crippen LogP contribution >= 0.6 is 0 Å². The van der Waals surface area contributed by atoms with E-state index >= 15 is 0 Å². The Morgan fingerprint density at radius 3 is 1.40 bits per heavy atom. The normalized spacial score (nSPS) is 12.1. The van der Waals surface area contributed by atoms with Crippen molar-refractivity contribution in [3.63, 3.8) is 0 Å². The van der Waals surface area contributed by atoms with Gasteiger partial charge < -0.3 is 9.13 Å². The lowest BCUT2D eigenvalue weighted by molar-refractivity contribution is -0.142. The van der Waals surface area contributed by atoms with Crippen molar-refractivity contribution in [2.75, 3.05) is 0 Å². The maximum atomic E-state index is 14.9. The first-order valence-electron chi connectivity index (χ1n) is 21.9. The molecule has 0 saturated heterocycles. The summed E-state index contributed by atoms with van der Waals surface area (Å²) in [5.41, 5.74) is 7.29. The van der Waals surface area contributed by atoms with Gasteiger partial charge in [0.05, 0.1) is 50.5 Å². The van der Waals surface area contributed by atoms with E-state index in [0.717, 1.165) is 83.1 Å². The van der Waals surface area contributed by atoms with E-state index in [1.54, 1.807) is 12.1 Å². The lowest BCUT2D eigenvalue weighted by Crippen LogP contribution is -2.14. The van der Waals surface area contributed by atoms with Gasteiger partial charge in [0.1, 0.15) is 0 Å². The minimum atomic E-state index is -5.12. The van der Waals surface area contributed by atoms with Gasteiger partial charge in [-0.1, -0.05) is 120 Å². The Balaban J connectivity index is 1.20. The van der Waals surface area contributed by atoms with Crippen molar-refractivity contribution < 1.29 is 26.3 Å². The van der Waals surface area contributed by atoms with Crippen LogP contribution in [-0.2, 0) is 12.4 Å². The Morgan fingerprint density at radius 1 is 0.397 bits per heavy atom. The fourth-order valence-corrected chi connectivity index (χ4v) is 9.76. The molecule has 11 rings (SSSR count). The SMILES string of the molecule is Cc1ccc(-c2ccc3c(c2)c2ccccc2n3-c2ccc(C#N)c(-c3cc(-c4c(C(F)(F)F)cccc4C(F)(F)F)ccc3-n3c4ccccc4c4cc(-c5ccc(C)cc5)ccc43)c2)cc1. The molecule has 2 aromatic heterocycles. The van der Waals surface area contributed by atoms with Crippen LogP contribution in [0.4, 0.5) is 26.3 Å². The number of nitriles is 1. The van der Waals surface area contributed by atoms with E-state index in [0.29, 0.717) is 29.1 Å². The number of nitrogens with zero attached hydrogens (tertiary/aromatic N) is 3. The van der Waals surface area contributed by atoms with Gasteiger partial charge in [-0.25, -0.2) is 0 Å². The van der Waals surface area contributed by atoms with Gasteiger partial charge in [0, 0.05) is 43.9 Å². The smallest absolute Gasteiger partial charge is 0.309 e. The molecule has 330 valence electrons. The molecule has 0 saturated carbocycles. The molecule has 3 nitrogen and oxygen atoms in total. The summed E-state index contributed by atoms with van der Waals surface area (Å²) in [6, 6.07) is 58.5. The molecule has 0 N–H and O–H groups in total. The molecular formula is C59H37F6N3. The van der Waals surface area contributed by atoms with Gasteiger partial charge in [0.25, 0.3) is 0 Å². The third-order valence-corrected chi connectivity index (χ3v) is 13.0. The number of hydrogen-bond acceptors (Lipinski definition) is 1. The van der Waals surface area contributed by atoms with Crippen molar-refractivity contribution in [1.82, 2.24) is 9.13 Å². The molecule has 0 spiro atoms. The number of rotatable bonds is 6. The Labute approximate surface area is 387 Å². The van der Waals surface area contributed by atoms with E-state index in [2.05, 4.69) is 65.2 Å². The number of aryl methyl sites for hydroxylation is 2. The summed E-state index contributed by atoms with van der Waals surface area (Å²) in [6.45, 7) is 4.06. The van der Waals surface area contributed by atoms with Crippen LogP contribution in [-0.4, -0.2) is 9.13 Å². The lowest BCUT2D eigenvalue weighted by atomic mass is 9.89. The van der Waals surface area contributed by atoms with E-state index in [9.17, 15) is 31.6 Å². The Morgan fingerprint density at radius 2 is 0.868 bits per heavy atom. The maximum absolute atomic E-state index is 14.9. The first-order valence-corrected chi connectivity index (χ1v) is 21.9. The second-order valence-electron chi connectivity index (χ2n) is 17.2. The maximum Gasteiger partial charge on any atom is 0.417 e. The van der Waals surface area contributed by atoms with Crippen molar-refractivity contribution in [3.8, 4) is 62.0 Å². The van der Waals surface area contributed by atoms with Crippen LogP contribution in [0.3, 0.4) is 0 Å². The highest BCUT2D eigenvalue weighted by Gasteiger charge is 2.41. The van der Waals surface area contributed by atoms with E-state index in [-0.39, 0.29) is 16.7 Å². The Kier molecular flexibility index (Phi) is 9.90. The number of alkyl halides is 6. The standard InChI is InChI=1S/C59H37F6N3/c1-35-14-18-37(19-15-35)39-23-27-54-47(30-39)44-8-3-5-12-52(44)67(54)43-26-22-42(34-66)46(33-43)49-32-41(57-50(58(60,61)62)10-7-11-51(57)59(63,64)65)25-29-56(49)68-53-13-6-4-9-45(53)48-31-40(24-28-55(48)68)38-20-16-36(2)17-21-38/h3-33H,1-2H3. The molecule has 2 heterocycles. The summed E-state index contributed by atoms with van der Waals surface area (Å²) >= 11 is 0. The third-order valence-electron chi connectivity index (χ3n) is 13.0. The molecule has 0 bridgehead atoms. The molecule has 9 heteroatoms. The predicted octanol–water partition coefficient (Wildman–Crippen LogP) is 17.1. The summed E-state index contributed by atoms with van der Waals surface area (Å²) in [5.74, 6) is 0. The van der Waals surface area contributed by atoms with E-state index < -0.39 is 29.0 Å². The van der Waals surface area contributed by atoms with Crippen LogP contribution in [0.2, 0.25) is 0 Å². The largest absolute Gasteiger partial charge is 0.417 e. The summed E-state index contributed by atoms with van der Waals surface area (Å²) in [5, 5.41) is 14.6. The fraction of sp³-hybridized carbons (Fsp3) is 0.0678. The molecule has 0 aliphatic heterocycles. The minimum Gasteiger partial charge on any atom is -0.309 e. The molecule has 0 aliphatic carbocycles. The zero-order chi connectivity index (χ0) is 47.1. The molecular weight excluding hydrogens is 865 g/mol. The second-order valence-corrected chi connectivity index (χ2v) is 17.2. The molecule has 11 aromatic rings. The highest BCUT2D eigenvalue weighted by molar-refractivity contribution is 6.12. The monoisotopic (exact) mass is 901 g/mol. The first kappa shape index (κ1) is 42.3. The van der Waals surface area contributed by atoms with Crippen molar-refractivity contribution in [2.45, 2.75) is 26.2 Å². The van der Waals surface area contributed by atoms with Gasteiger partial charge in [0.15, 0.2) is 0 Å². The molecule has 68 heavy (non-hydrogen) atoms. The van der Waals surface area contributed by atoms with Crippen LogP contribution < -0.4 is 0 Å². The van der Waals surface area contributed by atoms with Gasteiger partial charge in [-0.05, 0) is 121 Å². The highest BCUT2D eigenvalue weighted by Crippen LogP contribution is 2.48. The van der Waals surface area contributed by atoms with E-state index in [1.807, 2.05) is 109 Å². The first-order chi connectivity index (χ1) is 32.8. The average Bonchev–Trinajstić information content (AvgIpc) is 3.85. The number of halogens is 6. The summed E-state index contributed by atoms with van der Waals surface area (Å²) in [7, 11) is 0. The van der Waals surface area contributed by atoms with Crippen LogP contribution in [0.1, 0.15) is 27.8 Å². The molecule has 0 unspecified atom stereocenters. The zero-order valence-electron chi connectivity index (χ0n) is 36.5. The summed E-state index contributed by atoms with van der Waals surface area (Å²) < 4.78 is 93.2. The second kappa shape index (κ2) is 15.9. The van der Waals surface area contributed by atoms with E-state index in [4.69, 9.17) is 0 Å². The fourth-order valence-electron chi connectivity index (χ4n) is 9.76. The highest BCUT2D eigenvalue weighted by atomic mass is 19.4. The average molecular weight is 902 g/mol. The lowest BCUT2D eigenvalue weighted by Gasteiger charge is -2.22. The summed E-state index contributed by atoms with van der Waals surface area (Å²) in [4.78, 5) is 0. The van der Waals surface area contributed by atoms with Crippen LogP contribution in [0, 0.1) is 25.2 Å². The van der Waals surface area contributed by atoms with Crippen molar-refractivity contribution >= 4 is 43.6 Å². The number of hydrogen-bond donors (Lipinski definition) is 0.